The molecule has 0 spiro atoms. The van der Waals surface area contributed by atoms with Crippen LogP contribution < -0.4 is 4.74 Å². The van der Waals surface area contributed by atoms with Gasteiger partial charge >= 0.3 is 17.3 Å². The maximum atomic E-state index is 13.7. The topological polar surface area (TPSA) is 77.8 Å². The Hall–Kier alpha value is -2.19. The summed E-state index contributed by atoms with van der Waals surface area (Å²) in [6.07, 6.45) is 0. The van der Waals surface area contributed by atoms with E-state index in [1.165, 1.54) is 12.1 Å². The van der Waals surface area contributed by atoms with Crippen LogP contribution in [0.4, 0.5) is 8.78 Å². The highest BCUT2D eigenvalue weighted by molar-refractivity contribution is 6.25. The second kappa shape index (κ2) is 5.40. The monoisotopic (exact) mass is 373 g/mol. The molecule has 1 aromatic carbocycles. The zero-order chi connectivity index (χ0) is 18.7. The molecule has 2 aromatic rings. The summed E-state index contributed by atoms with van der Waals surface area (Å²) in [5.74, 6) is -2.45. The van der Waals surface area contributed by atoms with Crippen LogP contribution in [0.25, 0.3) is 10.9 Å². The number of rotatable bonds is 3. The Morgan fingerprint density at radius 3 is 2.68 bits per heavy atom. The second-order valence-electron chi connectivity index (χ2n) is 5.70. The average molecular weight is 374 g/mol. The van der Waals surface area contributed by atoms with Crippen molar-refractivity contribution in [2.24, 2.45) is 7.05 Å². The number of hydrogen-bond donors (Lipinski definition) is 1. The lowest BCUT2D eigenvalue weighted by molar-refractivity contribution is -0.177. The Morgan fingerprint density at radius 1 is 1.48 bits per heavy atom. The molecule has 134 valence electrons. The van der Waals surface area contributed by atoms with Crippen molar-refractivity contribution in [3.05, 3.63) is 29.0 Å². The van der Waals surface area contributed by atoms with Gasteiger partial charge in [-0.25, -0.2) is 9.59 Å². The number of esters is 2. The number of ether oxygens (including phenoxy) is 2. The smallest absolute Gasteiger partial charge is 0.365 e. The Morgan fingerprint density at radius 2 is 2.12 bits per heavy atom. The minimum Gasteiger partial charge on any atom is -0.462 e. The highest BCUT2D eigenvalue weighted by Gasteiger charge is 2.64. The van der Waals surface area contributed by atoms with Crippen LogP contribution in [-0.4, -0.2) is 33.6 Å². The highest BCUT2D eigenvalue weighted by Crippen LogP contribution is 2.50. The fraction of sp³-hybridized carbons (Fsp3) is 0.375. The van der Waals surface area contributed by atoms with Gasteiger partial charge in [-0.1, -0.05) is 0 Å². The lowest BCUT2D eigenvalue weighted by Gasteiger charge is -2.23. The zero-order valence-electron chi connectivity index (χ0n) is 13.5. The van der Waals surface area contributed by atoms with Gasteiger partial charge in [-0.3, -0.25) is 0 Å². The number of carbonyl (C=O) groups excluding carboxylic acids is 2. The predicted octanol–water partition coefficient (Wildman–Crippen LogP) is 2.60. The van der Waals surface area contributed by atoms with E-state index in [1.807, 2.05) is 0 Å². The summed E-state index contributed by atoms with van der Waals surface area (Å²) >= 11 is 4.96. The van der Waals surface area contributed by atoms with Crippen LogP contribution in [0.3, 0.4) is 0 Å². The third-order valence-electron chi connectivity index (χ3n) is 4.37. The molecule has 9 heteroatoms. The minimum absolute atomic E-state index is 0.160. The molecule has 0 radical (unpaired) electrons. The first-order chi connectivity index (χ1) is 11.5. The van der Waals surface area contributed by atoms with E-state index in [4.69, 9.17) is 21.1 Å². The van der Waals surface area contributed by atoms with E-state index in [-0.39, 0.29) is 17.9 Å². The number of carbonyl (C=O) groups is 2. The molecule has 0 fully saturated rings. The van der Waals surface area contributed by atoms with Crippen molar-refractivity contribution in [1.82, 2.24) is 4.57 Å². The normalized spacial score (nSPS) is 19.9. The largest absolute Gasteiger partial charge is 0.462 e. The fourth-order valence-corrected chi connectivity index (χ4v) is 3.15. The first-order valence-electron chi connectivity index (χ1n) is 7.36. The van der Waals surface area contributed by atoms with Gasteiger partial charge in [0.15, 0.2) is 0 Å². The molecule has 0 saturated carbocycles. The molecule has 1 aliphatic rings. The van der Waals surface area contributed by atoms with Crippen LogP contribution in [0.2, 0.25) is 0 Å². The van der Waals surface area contributed by atoms with E-state index < -0.39 is 28.5 Å². The van der Waals surface area contributed by atoms with Crippen LogP contribution in [0, 0.1) is 6.92 Å². The molecule has 1 atom stereocenters. The number of hydrogen-bond acceptors (Lipinski definition) is 5. The van der Waals surface area contributed by atoms with Gasteiger partial charge in [0.25, 0.3) is 5.60 Å². The van der Waals surface area contributed by atoms with Gasteiger partial charge in [0.1, 0.15) is 5.75 Å². The summed E-state index contributed by atoms with van der Waals surface area (Å²) in [4.78, 5) is 24.0. The summed E-state index contributed by atoms with van der Waals surface area (Å²) in [7, 11) is 1.61. The first-order valence-corrected chi connectivity index (χ1v) is 7.73. The SMILES string of the molecule is CCOC(=O)c1c(C)n(C)c2cc3c(cc12)OC(=O)C3(O)C(F)(F)Cl. The van der Waals surface area contributed by atoms with Gasteiger partial charge in [-0.05, 0) is 37.6 Å². The summed E-state index contributed by atoms with van der Waals surface area (Å²) < 4.78 is 38.7. The molecule has 0 bridgehead atoms. The molecule has 1 aromatic heterocycles. The third-order valence-corrected chi connectivity index (χ3v) is 4.64. The van der Waals surface area contributed by atoms with Crippen LogP contribution in [0.1, 0.15) is 28.5 Å². The van der Waals surface area contributed by atoms with E-state index in [9.17, 15) is 23.5 Å². The lowest BCUT2D eigenvalue weighted by Crippen LogP contribution is -2.46. The number of halogens is 3. The maximum absolute atomic E-state index is 13.7. The molecular weight excluding hydrogens is 360 g/mol. The summed E-state index contributed by atoms with van der Waals surface area (Å²) in [6, 6.07) is 2.42. The zero-order valence-corrected chi connectivity index (χ0v) is 14.3. The number of nitrogens with zero attached hydrogens (tertiary/aromatic N) is 1. The molecule has 1 aliphatic heterocycles. The number of fused-ring (bicyclic) bond motifs is 2. The lowest BCUT2D eigenvalue weighted by atomic mass is 9.94. The van der Waals surface area contributed by atoms with Crippen LogP contribution in [0.5, 0.6) is 5.75 Å². The van der Waals surface area contributed by atoms with E-state index in [0.717, 1.165) is 0 Å². The predicted molar refractivity (Wildman–Crippen MR) is 83.9 cm³/mol. The van der Waals surface area contributed by atoms with E-state index in [0.29, 0.717) is 16.6 Å². The summed E-state index contributed by atoms with van der Waals surface area (Å²) in [5, 5.41) is 6.29. The number of alkyl halides is 3. The molecule has 6 nitrogen and oxygen atoms in total. The van der Waals surface area contributed by atoms with Crippen LogP contribution in [-0.2, 0) is 22.2 Å². The van der Waals surface area contributed by atoms with Gasteiger partial charge in [0.05, 0.1) is 12.2 Å². The average Bonchev–Trinajstić information content (AvgIpc) is 2.91. The van der Waals surface area contributed by atoms with Crippen molar-refractivity contribution in [2.45, 2.75) is 24.8 Å². The molecule has 25 heavy (non-hydrogen) atoms. The van der Waals surface area contributed by atoms with Gasteiger partial charge in [-0.15, -0.1) is 0 Å². The number of aryl methyl sites for hydroxylation is 1. The molecule has 1 N–H and O–H groups in total. The number of aromatic nitrogens is 1. The van der Waals surface area contributed by atoms with E-state index in [1.54, 1.807) is 25.5 Å². The van der Waals surface area contributed by atoms with Crippen molar-refractivity contribution < 1.29 is 33.0 Å². The third kappa shape index (κ3) is 2.24. The fourth-order valence-electron chi connectivity index (χ4n) is 2.97. The van der Waals surface area contributed by atoms with Gasteiger partial charge in [0, 0.05) is 29.2 Å². The standard InChI is InChI=1S/C16H14ClF2NO5/c1-4-24-13(21)12-7(2)20(3)10-6-9-11(5-8(10)12)25-14(22)15(9,23)16(17,18)19/h5-6,23H,4H2,1-3H3. The van der Waals surface area contributed by atoms with Crippen molar-refractivity contribution in [3.8, 4) is 5.75 Å². The second-order valence-corrected chi connectivity index (χ2v) is 6.18. The van der Waals surface area contributed by atoms with E-state index in [2.05, 4.69) is 0 Å². The van der Waals surface area contributed by atoms with Crippen molar-refractivity contribution in [1.29, 1.82) is 0 Å². The van der Waals surface area contributed by atoms with Crippen molar-refractivity contribution >= 4 is 34.4 Å². The molecule has 0 aliphatic carbocycles. The highest BCUT2D eigenvalue weighted by atomic mass is 35.5. The Labute approximate surface area is 145 Å². The molecule has 1 unspecified atom stereocenters. The first kappa shape index (κ1) is 17.6. The summed E-state index contributed by atoms with van der Waals surface area (Å²) in [6.45, 7) is 3.47. The van der Waals surface area contributed by atoms with Gasteiger partial charge < -0.3 is 19.1 Å². The molecule has 3 rings (SSSR count). The van der Waals surface area contributed by atoms with Crippen molar-refractivity contribution in [2.75, 3.05) is 6.61 Å². The Kier molecular flexibility index (Phi) is 3.81. The van der Waals surface area contributed by atoms with Gasteiger partial charge in [-0.2, -0.15) is 8.78 Å². The molecule has 0 amide bonds. The van der Waals surface area contributed by atoms with Crippen LogP contribution in [0.15, 0.2) is 12.1 Å². The molecular formula is C16H14ClF2NO5. The van der Waals surface area contributed by atoms with Crippen molar-refractivity contribution in [3.63, 3.8) is 0 Å². The number of aliphatic hydroxyl groups is 1. The van der Waals surface area contributed by atoms with Gasteiger partial charge in [0.2, 0.25) is 0 Å². The molecule has 2 heterocycles. The van der Waals surface area contributed by atoms with E-state index >= 15 is 0 Å². The quantitative estimate of drug-likeness (QED) is 0.508. The summed E-state index contributed by atoms with van der Waals surface area (Å²) in [5.41, 5.74) is -2.66. The molecule has 0 saturated heterocycles. The Bertz CT molecular complexity index is 918. The Balaban J connectivity index is 2.32. The minimum atomic E-state index is -4.27. The number of benzene rings is 1. The van der Waals surface area contributed by atoms with Crippen LogP contribution >= 0.6 is 11.6 Å². The maximum Gasteiger partial charge on any atom is 0.365 e.